The number of hydrogen-bond donors (Lipinski definition) is 7. The quantitative estimate of drug-likeness (QED) is 0.00545. The van der Waals surface area contributed by atoms with Crippen molar-refractivity contribution in [1.29, 1.82) is 0 Å². The monoisotopic (exact) mass is 1300 g/mol. The molecule has 0 saturated carbocycles. The van der Waals surface area contributed by atoms with Crippen LogP contribution in [0.15, 0.2) is 125 Å². The Balaban J connectivity index is 0.928. The van der Waals surface area contributed by atoms with Crippen LogP contribution in [0.4, 0.5) is 17.1 Å². The van der Waals surface area contributed by atoms with Gasteiger partial charge in [0.1, 0.15) is 36.3 Å². The number of rotatable bonds is 27. The molecule has 6 atom stereocenters. The molecule has 4 aliphatic rings. The fraction of sp³-hybridized carbons (Fsp3) is 0.441. The molecular formula is C59H76N6O19P3S+. The van der Waals surface area contributed by atoms with Gasteiger partial charge in [-0.1, -0.05) is 82.0 Å². The molecule has 0 radical (unpaired) electrons. The Kier molecular flexibility index (Phi) is 22.1. The number of ketones is 1. The van der Waals surface area contributed by atoms with Gasteiger partial charge in [0.25, 0.3) is 15.8 Å². The smallest absolute Gasteiger partial charge is 0.390 e. The lowest BCUT2D eigenvalue weighted by molar-refractivity contribution is -0.438. The van der Waals surface area contributed by atoms with E-state index in [1.165, 1.54) is 51.8 Å². The van der Waals surface area contributed by atoms with Crippen molar-refractivity contribution in [2.75, 3.05) is 31.2 Å². The Morgan fingerprint density at radius 3 is 2.38 bits per heavy atom. The van der Waals surface area contributed by atoms with Gasteiger partial charge < -0.3 is 49.7 Å². The number of aliphatic imine (C=N–C) groups is 1. The van der Waals surface area contributed by atoms with E-state index in [9.17, 15) is 56.5 Å². The summed E-state index contributed by atoms with van der Waals surface area (Å²) in [6.45, 7) is 20.5. The first-order chi connectivity index (χ1) is 41.0. The summed E-state index contributed by atoms with van der Waals surface area (Å²) in [5.74, 6) is 5.67. The molecule has 1 fully saturated rings. The Morgan fingerprint density at radius 1 is 0.977 bits per heavy atom. The number of aliphatic hydroxyl groups is 1. The number of fused-ring (bicyclic) bond motifs is 2. The number of nitro groups is 1. The summed E-state index contributed by atoms with van der Waals surface area (Å²) < 4.78 is 95.7. The maximum atomic E-state index is 13.1. The Bertz CT molecular complexity index is 3750. The molecule has 3 unspecified atom stereocenters. The topological polar surface area (TPSA) is 361 Å². The number of allylic oxidation sites excluding steroid dienone is 6. The highest BCUT2D eigenvalue weighted by atomic mass is 32.2. The van der Waals surface area contributed by atoms with Gasteiger partial charge in [-0.25, -0.2) is 18.7 Å². The van der Waals surface area contributed by atoms with Crippen LogP contribution in [0, 0.1) is 34.8 Å². The van der Waals surface area contributed by atoms with Crippen molar-refractivity contribution < 1.29 is 88.3 Å². The average Bonchev–Trinajstić information content (AvgIpc) is 1.78. The van der Waals surface area contributed by atoms with Gasteiger partial charge in [0.2, 0.25) is 5.69 Å². The number of unbranched alkanes of at least 4 members (excludes halogenated alkanes) is 2. The molecule has 4 aliphatic heterocycles. The number of Topliss-reactive ketones (excluding diaryl/α,β-unsaturated/α-hetero) is 1. The minimum atomic E-state index is -5.79. The summed E-state index contributed by atoms with van der Waals surface area (Å²) >= 11 is 0. The first-order valence-corrected chi connectivity index (χ1v) is 34.3. The van der Waals surface area contributed by atoms with Gasteiger partial charge in [0.05, 0.1) is 46.2 Å². The number of nitrogens with two attached hydrogens (primary N) is 1. The molecule has 25 nitrogen and oxygen atoms in total. The number of phosphoric acid groups is 3. The number of aliphatic hydroxyl groups excluding tert-OH is 1. The lowest BCUT2D eigenvalue weighted by Crippen LogP contribution is -2.36. The van der Waals surface area contributed by atoms with Gasteiger partial charge >= 0.3 is 23.5 Å². The highest BCUT2D eigenvalue weighted by Crippen LogP contribution is 2.66. The number of ether oxygens (including phenoxy) is 2. The van der Waals surface area contributed by atoms with Crippen molar-refractivity contribution in [3.63, 3.8) is 0 Å². The second-order valence-electron chi connectivity index (χ2n) is 23.0. The Hall–Kier alpha value is -6.07. The van der Waals surface area contributed by atoms with Gasteiger partial charge in [0, 0.05) is 96.6 Å². The zero-order valence-electron chi connectivity index (χ0n) is 50.1. The SMILES string of the molecule is C=C1N=C(N)C(CO[C@@H](c2ccc(C#CCCC(=O)CCCCC[N+]3=C(C=CC=CC=C4N(CC)c5ccc(C)cc5C4(C)C)C(C)(C)c4cc(S(=O)(=O)O)ccc43)cc2[N+](=O)[O-])C(C)C)=CN1[C@H]1CC(O)[C@@H](COP(=O)(O)OP(=O)(O)OP(=O)(O)O)O1. The number of carbonyl (C=O) groups excluding carboxylic acids is 1. The van der Waals surface area contributed by atoms with Gasteiger partial charge in [0.15, 0.2) is 5.71 Å². The van der Waals surface area contributed by atoms with Crippen molar-refractivity contribution >= 4 is 68.0 Å². The van der Waals surface area contributed by atoms with Gasteiger partial charge in [-0.05, 0) is 88.4 Å². The van der Waals surface area contributed by atoms with Crippen LogP contribution in [0.2, 0.25) is 0 Å². The molecule has 88 heavy (non-hydrogen) atoms. The third-order valence-electron chi connectivity index (χ3n) is 15.4. The van der Waals surface area contributed by atoms with Crippen LogP contribution < -0.4 is 10.6 Å². The van der Waals surface area contributed by atoms with E-state index in [1.807, 2.05) is 38.2 Å². The molecule has 0 amide bonds. The zero-order chi connectivity index (χ0) is 64.9. The first-order valence-electron chi connectivity index (χ1n) is 28.3. The van der Waals surface area contributed by atoms with E-state index in [-0.39, 0.29) is 76.4 Å². The average molecular weight is 1300 g/mol. The molecule has 0 spiro atoms. The summed E-state index contributed by atoms with van der Waals surface area (Å²) in [5.41, 5.74) is 13.6. The fourth-order valence-electron chi connectivity index (χ4n) is 11.1. The molecular weight excluding hydrogens is 1220 g/mol. The fourth-order valence-corrected chi connectivity index (χ4v) is 14.6. The molecule has 7 rings (SSSR count). The summed E-state index contributed by atoms with van der Waals surface area (Å²) in [4.78, 5) is 69.7. The molecule has 3 aromatic carbocycles. The van der Waals surface area contributed by atoms with Crippen molar-refractivity contribution in [2.45, 2.75) is 141 Å². The number of phosphoric ester groups is 1. The standard InChI is InChI=1S/C59H75N6O19P3S/c1-10-62-48-28-24-39(4)31-46(48)58(6,7)53(62)22-14-11-15-23-54-59(8,9)47-33-44(88(77,78)79)26-29-49(47)63(54)30-18-12-13-20-43(66)21-17-16-19-41-25-27-45(50(32-41)65(68)69)56(38(2)3)80-36-42-35-64(40(5)61-57(42)60)55-34-51(67)52(82-55)37-81-86(73,74)84-87(75,76)83-85(70,71)72/h11,14-15,22-29,31-33,35,38,51-52,55-56,67H,5,10,12-13,17-18,20-21,30,34,36-37H2,1-4,6-9H3,(H6-,60,61,70,71,72,73,74,75,76,77,78,79)/p+1/t51?,52-,55-,56-/m1/s1. The zero-order valence-corrected chi connectivity index (χ0v) is 53.6. The summed E-state index contributed by atoms with van der Waals surface area (Å²) in [6.07, 6.45) is 9.75. The number of hydrogen-bond acceptors (Lipinski definition) is 18. The Labute approximate surface area is 512 Å². The van der Waals surface area contributed by atoms with Crippen LogP contribution in [-0.2, 0) is 62.1 Å². The van der Waals surface area contributed by atoms with Crippen LogP contribution in [-0.4, -0.2) is 114 Å². The van der Waals surface area contributed by atoms with E-state index in [0.29, 0.717) is 24.9 Å². The highest BCUT2D eigenvalue weighted by molar-refractivity contribution is 7.85. The molecule has 8 N–H and O–H groups in total. The Morgan fingerprint density at radius 2 is 1.70 bits per heavy atom. The van der Waals surface area contributed by atoms with Gasteiger partial charge in [-0.3, -0.25) is 24.0 Å². The van der Waals surface area contributed by atoms with Gasteiger partial charge in [-0.15, -0.1) is 0 Å². The molecule has 0 bridgehead atoms. The predicted molar refractivity (Wildman–Crippen MR) is 329 cm³/mol. The third-order valence-corrected chi connectivity index (χ3v) is 20.1. The number of benzene rings is 3. The summed E-state index contributed by atoms with van der Waals surface area (Å²) in [6, 6.07) is 15.8. The van der Waals surface area contributed by atoms with Crippen LogP contribution in [0.25, 0.3) is 0 Å². The van der Waals surface area contributed by atoms with Gasteiger partial charge in [-0.2, -0.15) is 21.6 Å². The molecule has 4 heterocycles. The molecule has 1 saturated heterocycles. The first kappa shape index (κ1) is 69.4. The van der Waals surface area contributed by atoms with E-state index < -0.39 is 75.1 Å². The minimum Gasteiger partial charge on any atom is -0.390 e. The maximum absolute atomic E-state index is 13.1. The number of likely N-dealkylation sites (N-methyl/N-ethyl adjacent to an activating group) is 1. The molecule has 476 valence electrons. The van der Waals surface area contributed by atoms with Crippen LogP contribution >= 0.6 is 23.5 Å². The number of carbonyl (C=O) groups is 1. The second-order valence-corrected chi connectivity index (χ2v) is 28.8. The van der Waals surface area contributed by atoms with Crippen molar-refractivity contribution in [2.24, 2.45) is 16.6 Å². The number of aryl methyl sites for hydroxylation is 1. The van der Waals surface area contributed by atoms with Crippen molar-refractivity contribution in [3.8, 4) is 11.8 Å². The lowest BCUT2D eigenvalue weighted by atomic mass is 9.81. The molecule has 3 aromatic rings. The highest BCUT2D eigenvalue weighted by Gasteiger charge is 2.46. The largest absolute Gasteiger partial charge is 0.490 e. The normalized spacial score (nSPS) is 21.3. The minimum absolute atomic E-state index is 0.00902. The van der Waals surface area contributed by atoms with Crippen molar-refractivity contribution in [1.82, 2.24) is 4.90 Å². The summed E-state index contributed by atoms with van der Waals surface area (Å²) in [5, 5.41) is 23.2. The van der Waals surface area contributed by atoms with Crippen LogP contribution in [0.5, 0.6) is 0 Å². The third kappa shape index (κ3) is 17.0. The number of amidine groups is 1. The van der Waals surface area contributed by atoms with Crippen LogP contribution in [0.1, 0.15) is 127 Å². The second kappa shape index (κ2) is 28.0. The molecule has 0 aliphatic carbocycles. The number of nitro benzene ring substituents is 1. The molecule has 0 aromatic heterocycles. The maximum Gasteiger partial charge on any atom is 0.490 e. The summed E-state index contributed by atoms with van der Waals surface area (Å²) in [7, 11) is -21.4. The van der Waals surface area contributed by atoms with Crippen LogP contribution in [0.3, 0.4) is 0 Å². The van der Waals surface area contributed by atoms with E-state index in [4.69, 9.17) is 25.0 Å². The number of anilines is 1. The number of nitrogens with zero attached hydrogens (tertiary/aromatic N) is 5. The molecule has 29 heteroatoms. The van der Waals surface area contributed by atoms with Crippen molar-refractivity contribution in [3.05, 3.63) is 153 Å². The van der Waals surface area contributed by atoms with E-state index >= 15 is 0 Å². The lowest BCUT2D eigenvalue weighted by Gasteiger charge is -2.31. The predicted octanol–water partition coefficient (Wildman–Crippen LogP) is 9.86. The van der Waals surface area contributed by atoms with E-state index in [0.717, 1.165) is 36.3 Å². The van der Waals surface area contributed by atoms with E-state index in [2.05, 4.69) is 98.0 Å². The van der Waals surface area contributed by atoms with E-state index in [1.54, 1.807) is 32.0 Å².